The van der Waals surface area contributed by atoms with Gasteiger partial charge in [-0.25, -0.2) is 4.98 Å². The zero-order valence-electron chi connectivity index (χ0n) is 11.4. The van der Waals surface area contributed by atoms with E-state index >= 15 is 0 Å². The van der Waals surface area contributed by atoms with E-state index in [2.05, 4.69) is 39.1 Å². The standard InChI is InChI=1S/C12H18N6O/c1-4-14-10-15-11(18-6-5-13-8-18)17-12(16-10)19-7-9(2)3/h5-6,8-9H,4,7H2,1-3H3,(H,14,15,16,17). The molecule has 0 aliphatic carbocycles. The smallest absolute Gasteiger partial charge is 0.323 e. The van der Waals surface area contributed by atoms with Crippen molar-refractivity contribution in [1.82, 2.24) is 24.5 Å². The monoisotopic (exact) mass is 262 g/mol. The average molecular weight is 262 g/mol. The molecule has 2 heterocycles. The van der Waals surface area contributed by atoms with E-state index in [1.807, 2.05) is 6.92 Å². The number of anilines is 1. The molecule has 0 spiro atoms. The minimum absolute atomic E-state index is 0.323. The minimum atomic E-state index is 0.323. The lowest BCUT2D eigenvalue weighted by molar-refractivity contribution is 0.250. The highest BCUT2D eigenvalue weighted by Crippen LogP contribution is 2.11. The van der Waals surface area contributed by atoms with Gasteiger partial charge in [-0.05, 0) is 12.8 Å². The molecule has 7 nitrogen and oxygen atoms in total. The number of ether oxygens (including phenoxy) is 1. The fraction of sp³-hybridized carbons (Fsp3) is 0.500. The Balaban J connectivity index is 2.27. The first-order chi connectivity index (χ1) is 9.19. The summed E-state index contributed by atoms with van der Waals surface area (Å²) in [6.07, 6.45) is 5.08. The molecule has 1 N–H and O–H groups in total. The number of aromatic nitrogens is 5. The van der Waals surface area contributed by atoms with Crippen LogP contribution in [0, 0.1) is 5.92 Å². The summed E-state index contributed by atoms with van der Waals surface area (Å²) in [7, 11) is 0. The van der Waals surface area contributed by atoms with Gasteiger partial charge in [0, 0.05) is 18.9 Å². The molecule has 2 aromatic rings. The van der Waals surface area contributed by atoms with Gasteiger partial charge in [-0.15, -0.1) is 0 Å². The number of nitrogens with zero attached hydrogens (tertiary/aromatic N) is 5. The first-order valence-electron chi connectivity index (χ1n) is 6.30. The molecular weight excluding hydrogens is 244 g/mol. The van der Waals surface area contributed by atoms with Crippen LogP contribution in [0.5, 0.6) is 6.01 Å². The van der Waals surface area contributed by atoms with E-state index in [9.17, 15) is 0 Å². The second kappa shape index (κ2) is 6.12. The maximum Gasteiger partial charge on any atom is 0.323 e. The highest BCUT2D eigenvalue weighted by molar-refractivity contribution is 5.30. The molecule has 2 aromatic heterocycles. The van der Waals surface area contributed by atoms with Crippen LogP contribution in [0.2, 0.25) is 0 Å². The van der Waals surface area contributed by atoms with Crippen LogP contribution >= 0.6 is 0 Å². The van der Waals surface area contributed by atoms with Crippen molar-refractivity contribution in [3.8, 4) is 12.0 Å². The Morgan fingerprint density at radius 3 is 2.79 bits per heavy atom. The third-order valence-corrected chi connectivity index (χ3v) is 2.22. The summed E-state index contributed by atoms with van der Waals surface area (Å²) in [6, 6.07) is 0.323. The van der Waals surface area contributed by atoms with Gasteiger partial charge in [0.15, 0.2) is 0 Å². The van der Waals surface area contributed by atoms with Crippen LogP contribution in [-0.4, -0.2) is 37.7 Å². The number of hydrogen-bond acceptors (Lipinski definition) is 6. The molecule has 0 aliphatic heterocycles. The number of hydrogen-bond donors (Lipinski definition) is 1. The topological polar surface area (TPSA) is 77.8 Å². The Morgan fingerprint density at radius 1 is 1.32 bits per heavy atom. The summed E-state index contributed by atoms with van der Waals surface area (Å²) in [5, 5.41) is 3.06. The van der Waals surface area contributed by atoms with Crippen molar-refractivity contribution < 1.29 is 4.74 Å². The quantitative estimate of drug-likeness (QED) is 0.850. The zero-order valence-corrected chi connectivity index (χ0v) is 11.4. The number of nitrogens with one attached hydrogen (secondary N) is 1. The highest BCUT2D eigenvalue weighted by atomic mass is 16.5. The molecule has 0 fully saturated rings. The molecule has 0 bridgehead atoms. The van der Waals surface area contributed by atoms with Crippen LogP contribution in [0.1, 0.15) is 20.8 Å². The normalized spacial score (nSPS) is 10.7. The van der Waals surface area contributed by atoms with Gasteiger partial charge in [-0.1, -0.05) is 13.8 Å². The number of imidazole rings is 1. The maximum atomic E-state index is 5.56. The second-order valence-corrected chi connectivity index (χ2v) is 4.45. The summed E-state index contributed by atoms with van der Waals surface area (Å²) in [5.41, 5.74) is 0. The van der Waals surface area contributed by atoms with Gasteiger partial charge in [0.25, 0.3) is 0 Å². The fourth-order valence-electron chi connectivity index (χ4n) is 1.38. The maximum absolute atomic E-state index is 5.56. The first-order valence-corrected chi connectivity index (χ1v) is 6.30. The highest BCUT2D eigenvalue weighted by Gasteiger charge is 2.09. The lowest BCUT2D eigenvalue weighted by atomic mass is 10.2. The van der Waals surface area contributed by atoms with E-state index in [0.29, 0.717) is 30.4 Å². The van der Waals surface area contributed by atoms with Crippen molar-refractivity contribution in [2.24, 2.45) is 5.92 Å². The van der Waals surface area contributed by atoms with Crippen molar-refractivity contribution in [2.75, 3.05) is 18.5 Å². The summed E-state index contributed by atoms with van der Waals surface area (Å²) in [4.78, 5) is 16.8. The SMILES string of the molecule is CCNc1nc(OCC(C)C)nc(-n2ccnc2)n1. The van der Waals surface area contributed by atoms with E-state index in [4.69, 9.17) is 4.74 Å². The molecule has 0 amide bonds. The molecule has 0 saturated heterocycles. The fourth-order valence-corrected chi connectivity index (χ4v) is 1.38. The molecule has 0 aliphatic rings. The Labute approximate surface area is 112 Å². The lowest BCUT2D eigenvalue weighted by Crippen LogP contribution is -2.12. The summed E-state index contributed by atoms with van der Waals surface area (Å²) >= 11 is 0. The van der Waals surface area contributed by atoms with Gasteiger partial charge in [0.2, 0.25) is 11.9 Å². The largest absolute Gasteiger partial charge is 0.463 e. The second-order valence-electron chi connectivity index (χ2n) is 4.45. The van der Waals surface area contributed by atoms with Crippen LogP contribution in [-0.2, 0) is 0 Å². The Bertz CT molecular complexity index is 511. The third-order valence-electron chi connectivity index (χ3n) is 2.22. The Morgan fingerprint density at radius 2 is 2.16 bits per heavy atom. The van der Waals surface area contributed by atoms with Crippen molar-refractivity contribution in [1.29, 1.82) is 0 Å². The van der Waals surface area contributed by atoms with E-state index in [0.717, 1.165) is 6.54 Å². The molecule has 0 aromatic carbocycles. The van der Waals surface area contributed by atoms with E-state index in [1.54, 1.807) is 23.3 Å². The third kappa shape index (κ3) is 3.64. The summed E-state index contributed by atoms with van der Waals surface area (Å²) < 4.78 is 7.27. The van der Waals surface area contributed by atoms with Gasteiger partial charge in [-0.2, -0.15) is 15.0 Å². The van der Waals surface area contributed by atoms with Gasteiger partial charge in [0.1, 0.15) is 6.33 Å². The number of rotatable bonds is 6. The Hall–Kier alpha value is -2.18. The van der Waals surface area contributed by atoms with Crippen LogP contribution in [0.4, 0.5) is 5.95 Å². The van der Waals surface area contributed by atoms with Crippen molar-refractivity contribution >= 4 is 5.95 Å². The van der Waals surface area contributed by atoms with Crippen molar-refractivity contribution in [3.63, 3.8) is 0 Å². The molecule has 2 rings (SSSR count). The van der Waals surface area contributed by atoms with E-state index in [-0.39, 0.29) is 0 Å². The average Bonchev–Trinajstić information content (AvgIpc) is 2.90. The first kappa shape index (κ1) is 13.3. The zero-order chi connectivity index (χ0) is 13.7. The van der Waals surface area contributed by atoms with Crippen LogP contribution in [0.25, 0.3) is 5.95 Å². The molecule has 0 saturated carbocycles. The van der Waals surface area contributed by atoms with Crippen molar-refractivity contribution in [3.05, 3.63) is 18.7 Å². The lowest BCUT2D eigenvalue weighted by Gasteiger charge is -2.10. The predicted octanol–water partition coefficient (Wildman–Crippen LogP) is 1.52. The van der Waals surface area contributed by atoms with Gasteiger partial charge in [0.05, 0.1) is 6.61 Å². The predicted molar refractivity (Wildman–Crippen MR) is 71.4 cm³/mol. The van der Waals surface area contributed by atoms with Crippen LogP contribution < -0.4 is 10.1 Å². The van der Waals surface area contributed by atoms with E-state index < -0.39 is 0 Å². The Kier molecular flexibility index (Phi) is 4.27. The van der Waals surface area contributed by atoms with Gasteiger partial charge >= 0.3 is 6.01 Å². The van der Waals surface area contributed by atoms with Crippen molar-refractivity contribution in [2.45, 2.75) is 20.8 Å². The minimum Gasteiger partial charge on any atom is -0.463 e. The molecule has 0 unspecified atom stereocenters. The molecule has 7 heteroatoms. The van der Waals surface area contributed by atoms with Gasteiger partial charge < -0.3 is 10.1 Å². The molecule has 0 atom stereocenters. The van der Waals surface area contributed by atoms with Crippen LogP contribution in [0.15, 0.2) is 18.7 Å². The molecular formula is C12H18N6O. The summed E-state index contributed by atoms with van der Waals surface area (Å²) in [6.45, 7) is 7.43. The van der Waals surface area contributed by atoms with Crippen LogP contribution in [0.3, 0.4) is 0 Å². The van der Waals surface area contributed by atoms with E-state index in [1.165, 1.54) is 0 Å². The van der Waals surface area contributed by atoms with Gasteiger partial charge in [-0.3, -0.25) is 4.57 Å². The molecule has 19 heavy (non-hydrogen) atoms. The molecule has 102 valence electrons. The summed E-state index contributed by atoms with van der Waals surface area (Å²) in [5.74, 6) is 1.40. The molecule has 0 radical (unpaired) electrons.